The molecule has 0 saturated heterocycles. The van der Waals surface area contributed by atoms with E-state index in [4.69, 9.17) is 5.11 Å². The molecule has 0 saturated carbocycles. The Morgan fingerprint density at radius 2 is 2.38 bits per heavy atom. The van der Waals surface area contributed by atoms with Gasteiger partial charge in [-0.3, -0.25) is 9.78 Å². The molecule has 0 aliphatic heterocycles. The molecule has 1 heterocycles. The van der Waals surface area contributed by atoms with Crippen LogP contribution in [0.25, 0.3) is 0 Å². The molecule has 0 unspecified atom stereocenters. The standard InChI is InChI=1S/C9H11NO3/c1-6-3-2-4-10-9(6)7(11)5-8(12)13/h2-4,7,11H,5H2,1H3,(H,12,13)/t7-/m1/s1. The molecule has 0 amide bonds. The lowest BCUT2D eigenvalue weighted by Gasteiger charge is -2.09. The second kappa shape index (κ2) is 4.00. The first-order valence-electron chi connectivity index (χ1n) is 3.92. The van der Waals surface area contributed by atoms with Crippen molar-refractivity contribution in [2.24, 2.45) is 0 Å². The molecule has 0 radical (unpaired) electrons. The minimum absolute atomic E-state index is 0.308. The van der Waals surface area contributed by atoms with E-state index in [-0.39, 0.29) is 6.42 Å². The lowest BCUT2D eigenvalue weighted by Crippen LogP contribution is -2.08. The zero-order valence-electron chi connectivity index (χ0n) is 7.27. The number of aliphatic hydroxyl groups excluding tert-OH is 1. The number of rotatable bonds is 3. The number of carbonyl (C=O) groups is 1. The molecule has 4 heteroatoms. The van der Waals surface area contributed by atoms with E-state index >= 15 is 0 Å². The fraction of sp³-hybridized carbons (Fsp3) is 0.333. The molecule has 0 bridgehead atoms. The number of aliphatic hydroxyl groups is 1. The second-order valence-electron chi connectivity index (χ2n) is 2.82. The van der Waals surface area contributed by atoms with E-state index in [1.54, 1.807) is 19.1 Å². The van der Waals surface area contributed by atoms with Crippen LogP contribution in [0.2, 0.25) is 0 Å². The van der Waals surface area contributed by atoms with Gasteiger partial charge in [0.2, 0.25) is 0 Å². The van der Waals surface area contributed by atoms with Crippen molar-refractivity contribution >= 4 is 5.97 Å². The van der Waals surface area contributed by atoms with Crippen molar-refractivity contribution in [3.63, 3.8) is 0 Å². The summed E-state index contributed by atoms with van der Waals surface area (Å²) in [6, 6.07) is 3.53. The van der Waals surface area contributed by atoms with E-state index < -0.39 is 12.1 Å². The van der Waals surface area contributed by atoms with Gasteiger partial charge in [-0.25, -0.2) is 0 Å². The normalized spacial score (nSPS) is 12.5. The van der Waals surface area contributed by atoms with Crippen LogP contribution in [0.3, 0.4) is 0 Å². The summed E-state index contributed by atoms with van der Waals surface area (Å²) in [6.45, 7) is 1.79. The van der Waals surface area contributed by atoms with Crippen LogP contribution in [0.5, 0.6) is 0 Å². The van der Waals surface area contributed by atoms with E-state index in [2.05, 4.69) is 4.98 Å². The third kappa shape index (κ3) is 2.52. The Bertz CT molecular complexity index is 311. The summed E-state index contributed by atoms with van der Waals surface area (Å²) in [7, 11) is 0. The van der Waals surface area contributed by atoms with Gasteiger partial charge in [0.15, 0.2) is 0 Å². The van der Waals surface area contributed by atoms with Gasteiger partial charge in [-0.1, -0.05) is 6.07 Å². The first kappa shape index (κ1) is 9.67. The van der Waals surface area contributed by atoms with E-state index in [9.17, 15) is 9.90 Å². The Morgan fingerprint density at radius 3 is 2.92 bits per heavy atom. The van der Waals surface area contributed by atoms with Crippen LogP contribution in [0.1, 0.15) is 23.8 Å². The summed E-state index contributed by atoms with van der Waals surface area (Å²) in [5, 5.41) is 17.9. The number of aromatic nitrogens is 1. The molecule has 2 N–H and O–H groups in total. The third-order valence-corrected chi connectivity index (χ3v) is 1.73. The molecule has 1 atom stereocenters. The molecule has 1 aromatic rings. The van der Waals surface area contributed by atoms with Crippen molar-refractivity contribution < 1.29 is 15.0 Å². The minimum atomic E-state index is -1.03. The number of aliphatic carboxylic acids is 1. The molecule has 1 rings (SSSR count). The van der Waals surface area contributed by atoms with Gasteiger partial charge < -0.3 is 10.2 Å². The zero-order chi connectivity index (χ0) is 9.84. The van der Waals surface area contributed by atoms with Gasteiger partial charge in [-0.05, 0) is 18.6 Å². The molecule has 0 aromatic carbocycles. The highest BCUT2D eigenvalue weighted by Crippen LogP contribution is 2.17. The average Bonchev–Trinajstić information content (AvgIpc) is 2.03. The van der Waals surface area contributed by atoms with Gasteiger partial charge in [0.05, 0.1) is 12.1 Å². The van der Waals surface area contributed by atoms with E-state index in [1.165, 1.54) is 6.20 Å². The Labute approximate surface area is 75.9 Å². The lowest BCUT2D eigenvalue weighted by atomic mass is 10.1. The Kier molecular flexibility index (Phi) is 2.97. The second-order valence-corrected chi connectivity index (χ2v) is 2.82. The Hall–Kier alpha value is -1.42. The first-order chi connectivity index (χ1) is 6.11. The van der Waals surface area contributed by atoms with Crippen molar-refractivity contribution in [1.29, 1.82) is 0 Å². The largest absolute Gasteiger partial charge is 0.481 e. The number of carboxylic acids is 1. The molecule has 13 heavy (non-hydrogen) atoms. The third-order valence-electron chi connectivity index (χ3n) is 1.73. The number of nitrogens with zero attached hydrogens (tertiary/aromatic N) is 1. The maximum atomic E-state index is 10.3. The van der Waals surface area contributed by atoms with Crippen molar-refractivity contribution in [3.05, 3.63) is 29.6 Å². The molecule has 0 spiro atoms. The van der Waals surface area contributed by atoms with Crippen molar-refractivity contribution in [2.75, 3.05) is 0 Å². The summed E-state index contributed by atoms with van der Waals surface area (Å²) >= 11 is 0. The maximum absolute atomic E-state index is 10.3. The summed E-state index contributed by atoms with van der Waals surface area (Å²) < 4.78 is 0. The van der Waals surface area contributed by atoms with E-state index in [1.807, 2.05) is 0 Å². The molecule has 4 nitrogen and oxygen atoms in total. The Balaban J connectivity index is 2.82. The topological polar surface area (TPSA) is 70.4 Å². The summed E-state index contributed by atoms with van der Waals surface area (Å²) in [5.41, 5.74) is 1.24. The van der Waals surface area contributed by atoms with Crippen LogP contribution < -0.4 is 0 Å². The summed E-state index contributed by atoms with van der Waals surface area (Å²) in [6.07, 6.45) is 0.212. The van der Waals surface area contributed by atoms with Crippen LogP contribution in [-0.4, -0.2) is 21.2 Å². The predicted octanol–water partition coefficient (Wildman–Crippen LogP) is 0.898. The van der Waals surface area contributed by atoms with Gasteiger partial charge in [-0.2, -0.15) is 0 Å². The van der Waals surface area contributed by atoms with Crippen LogP contribution in [0.15, 0.2) is 18.3 Å². The minimum Gasteiger partial charge on any atom is -0.481 e. The molecule has 1 aromatic heterocycles. The molecule has 70 valence electrons. The van der Waals surface area contributed by atoms with Gasteiger partial charge in [0.25, 0.3) is 0 Å². The van der Waals surface area contributed by atoms with Gasteiger partial charge in [-0.15, -0.1) is 0 Å². The molecule has 0 aliphatic rings. The van der Waals surface area contributed by atoms with E-state index in [0.29, 0.717) is 5.69 Å². The summed E-state index contributed by atoms with van der Waals surface area (Å²) in [4.78, 5) is 14.2. The summed E-state index contributed by atoms with van der Waals surface area (Å²) in [5.74, 6) is -1.03. The first-order valence-corrected chi connectivity index (χ1v) is 3.92. The van der Waals surface area contributed by atoms with Crippen molar-refractivity contribution in [3.8, 4) is 0 Å². The van der Waals surface area contributed by atoms with Crippen molar-refractivity contribution in [1.82, 2.24) is 4.98 Å². The fourth-order valence-electron chi connectivity index (χ4n) is 1.11. The van der Waals surface area contributed by atoms with E-state index in [0.717, 1.165) is 5.56 Å². The van der Waals surface area contributed by atoms with Crippen LogP contribution in [-0.2, 0) is 4.79 Å². The van der Waals surface area contributed by atoms with Gasteiger partial charge >= 0.3 is 5.97 Å². The smallest absolute Gasteiger partial charge is 0.306 e. The number of hydrogen-bond donors (Lipinski definition) is 2. The number of hydrogen-bond acceptors (Lipinski definition) is 3. The molecule has 0 aliphatic carbocycles. The average molecular weight is 181 g/mol. The highest BCUT2D eigenvalue weighted by atomic mass is 16.4. The lowest BCUT2D eigenvalue weighted by molar-refractivity contribution is -0.139. The number of carboxylic acid groups (broad SMARTS) is 1. The van der Waals surface area contributed by atoms with Gasteiger partial charge in [0, 0.05) is 6.20 Å². The molecule has 0 fully saturated rings. The number of pyridine rings is 1. The monoisotopic (exact) mass is 181 g/mol. The fourth-order valence-corrected chi connectivity index (χ4v) is 1.11. The Morgan fingerprint density at radius 1 is 1.69 bits per heavy atom. The SMILES string of the molecule is Cc1cccnc1[C@H](O)CC(=O)O. The van der Waals surface area contributed by atoms with Gasteiger partial charge in [0.1, 0.15) is 6.10 Å². The number of aryl methyl sites for hydroxylation is 1. The molecular formula is C9H11NO3. The van der Waals surface area contributed by atoms with Crippen LogP contribution >= 0.6 is 0 Å². The predicted molar refractivity (Wildman–Crippen MR) is 46.2 cm³/mol. The quantitative estimate of drug-likeness (QED) is 0.726. The highest BCUT2D eigenvalue weighted by Gasteiger charge is 2.14. The maximum Gasteiger partial charge on any atom is 0.306 e. The zero-order valence-corrected chi connectivity index (χ0v) is 7.27. The van der Waals surface area contributed by atoms with Crippen LogP contribution in [0.4, 0.5) is 0 Å². The van der Waals surface area contributed by atoms with Crippen molar-refractivity contribution in [2.45, 2.75) is 19.4 Å². The van der Waals surface area contributed by atoms with Crippen LogP contribution in [0, 0.1) is 6.92 Å². The highest BCUT2D eigenvalue weighted by molar-refractivity contribution is 5.67. The molecular weight excluding hydrogens is 170 g/mol.